The van der Waals surface area contributed by atoms with E-state index in [0.717, 1.165) is 5.92 Å². The van der Waals surface area contributed by atoms with Gasteiger partial charge in [0.25, 0.3) is 0 Å². The Kier molecular flexibility index (Phi) is 1.66. The minimum Gasteiger partial charge on any atom is -0.396 e. The van der Waals surface area contributed by atoms with Gasteiger partial charge in [0.2, 0.25) is 0 Å². The first kappa shape index (κ1) is 6.62. The highest BCUT2D eigenvalue weighted by Gasteiger charge is 2.34. The molecule has 0 spiro atoms. The summed E-state index contributed by atoms with van der Waals surface area (Å²) in [5, 5.41) is 12.4. The Morgan fingerprint density at radius 2 is 2.30 bits per heavy atom. The Morgan fingerprint density at radius 1 is 1.40 bits per heavy atom. The third-order valence-corrected chi connectivity index (χ3v) is 2.99. The molecule has 0 aromatic rings. The van der Waals surface area contributed by atoms with E-state index in [2.05, 4.69) is 5.32 Å². The molecule has 0 aromatic heterocycles. The van der Waals surface area contributed by atoms with Gasteiger partial charge >= 0.3 is 0 Å². The lowest BCUT2D eigenvalue weighted by molar-refractivity contribution is 0.0845. The Balaban J connectivity index is 2.01. The van der Waals surface area contributed by atoms with Gasteiger partial charge in [-0.3, -0.25) is 0 Å². The van der Waals surface area contributed by atoms with Crippen LogP contribution in [0, 0.1) is 11.8 Å². The summed E-state index contributed by atoms with van der Waals surface area (Å²) < 4.78 is 0. The van der Waals surface area contributed by atoms with Crippen LogP contribution in [0.15, 0.2) is 0 Å². The molecule has 3 aliphatic rings. The Hall–Kier alpha value is -0.0800. The summed E-state index contributed by atoms with van der Waals surface area (Å²) in [5.74, 6) is 1.43. The average Bonchev–Trinajstić information content (AvgIpc) is 2.06. The minimum atomic E-state index is 0.383. The molecule has 10 heavy (non-hydrogen) atoms. The standard InChI is InChI=1S/C8H15NO/c10-5-7-3-6-1-2-8(7)9-4-6/h6-10H,1-5H2. The van der Waals surface area contributed by atoms with Crippen LogP contribution in [0.1, 0.15) is 19.3 Å². The van der Waals surface area contributed by atoms with E-state index in [4.69, 9.17) is 5.11 Å². The van der Waals surface area contributed by atoms with Crippen LogP contribution in [0.4, 0.5) is 0 Å². The topological polar surface area (TPSA) is 32.3 Å². The van der Waals surface area contributed by atoms with Crippen LogP contribution in [0.25, 0.3) is 0 Å². The van der Waals surface area contributed by atoms with Gasteiger partial charge in [0.1, 0.15) is 0 Å². The van der Waals surface area contributed by atoms with Crippen LogP contribution in [-0.4, -0.2) is 24.3 Å². The zero-order valence-corrected chi connectivity index (χ0v) is 6.21. The van der Waals surface area contributed by atoms with Crippen molar-refractivity contribution in [2.24, 2.45) is 11.8 Å². The van der Waals surface area contributed by atoms with Gasteiger partial charge in [-0.1, -0.05) is 0 Å². The van der Waals surface area contributed by atoms with Crippen molar-refractivity contribution < 1.29 is 5.11 Å². The van der Waals surface area contributed by atoms with Crippen LogP contribution in [0.3, 0.4) is 0 Å². The van der Waals surface area contributed by atoms with Crippen LogP contribution >= 0.6 is 0 Å². The highest BCUT2D eigenvalue weighted by Crippen LogP contribution is 2.32. The minimum absolute atomic E-state index is 0.383. The Labute approximate surface area is 61.6 Å². The van der Waals surface area contributed by atoms with Gasteiger partial charge in [-0.25, -0.2) is 0 Å². The molecular weight excluding hydrogens is 126 g/mol. The normalized spacial score (nSPS) is 45.9. The fourth-order valence-corrected chi connectivity index (χ4v) is 2.34. The highest BCUT2D eigenvalue weighted by molar-refractivity contribution is 4.90. The molecule has 2 nitrogen and oxygen atoms in total. The second-order valence-corrected chi connectivity index (χ2v) is 3.64. The molecule has 3 atom stereocenters. The number of aliphatic hydroxyl groups excluding tert-OH is 1. The van der Waals surface area contributed by atoms with E-state index < -0.39 is 0 Å². The maximum absolute atomic E-state index is 8.97. The van der Waals surface area contributed by atoms with Crippen molar-refractivity contribution in [3.8, 4) is 0 Å². The molecule has 2 heterocycles. The molecule has 2 saturated heterocycles. The van der Waals surface area contributed by atoms with Crippen molar-refractivity contribution in [3.05, 3.63) is 0 Å². The Bertz CT molecular complexity index is 118. The first-order valence-electron chi connectivity index (χ1n) is 4.24. The van der Waals surface area contributed by atoms with Gasteiger partial charge in [0, 0.05) is 12.6 Å². The zero-order valence-electron chi connectivity index (χ0n) is 6.21. The average molecular weight is 141 g/mol. The van der Waals surface area contributed by atoms with E-state index in [0.29, 0.717) is 18.6 Å². The fourth-order valence-electron chi connectivity index (χ4n) is 2.34. The number of fused-ring (bicyclic) bond motifs is 3. The van der Waals surface area contributed by atoms with E-state index in [1.54, 1.807) is 0 Å². The molecule has 3 fully saturated rings. The predicted molar refractivity (Wildman–Crippen MR) is 39.7 cm³/mol. The quantitative estimate of drug-likeness (QED) is 0.553. The van der Waals surface area contributed by atoms with Crippen LogP contribution < -0.4 is 5.32 Å². The smallest absolute Gasteiger partial charge is 0.0474 e. The number of rotatable bonds is 1. The van der Waals surface area contributed by atoms with Crippen LogP contribution in [0.5, 0.6) is 0 Å². The summed E-state index contributed by atoms with van der Waals surface area (Å²) in [7, 11) is 0. The molecule has 0 amide bonds. The second kappa shape index (κ2) is 2.51. The van der Waals surface area contributed by atoms with Gasteiger partial charge in [-0.15, -0.1) is 0 Å². The first-order chi connectivity index (χ1) is 4.90. The van der Waals surface area contributed by atoms with E-state index in [9.17, 15) is 0 Å². The lowest BCUT2D eigenvalue weighted by Gasteiger charge is -2.42. The molecule has 3 unspecified atom stereocenters. The maximum Gasteiger partial charge on any atom is 0.0474 e. The third kappa shape index (κ3) is 0.956. The predicted octanol–water partition coefficient (Wildman–Crippen LogP) is 0.367. The molecule has 0 radical (unpaired) electrons. The lowest BCUT2D eigenvalue weighted by atomic mass is 9.74. The molecule has 2 aliphatic heterocycles. The number of piperidine rings is 2. The molecule has 1 saturated carbocycles. The Morgan fingerprint density at radius 3 is 2.60 bits per heavy atom. The SMILES string of the molecule is OCC1CC2CCC1NC2. The molecule has 1 aliphatic carbocycles. The van der Waals surface area contributed by atoms with E-state index in [1.165, 1.54) is 25.8 Å². The summed E-state index contributed by atoms with van der Waals surface area (Å²) in [5.41, 5.74) is 0. The molecule has 2 bridgehead atoms. The molecule has 0 aromatic carbocycles. The summed E-state index contributed by atoms with van der Waals surface area (Å²) in [6.07, 6.45) is 3.93. The summed E-state index contributed by atoms with van der Waals surface area (Å²) in [4.78, 5) is 0. The van der Waals surface area contributed by atoms with Gasteiger partial charge in [0.05, 0.1) is 0 Å². The lowest BCUT2D eigenvalue weighted by Crippen LogP contribution is -2.51. The maximum atomic E-state index is 8.97. The fraction of sp³-hybridized carbons (Fsp3) is 1.00. The molecule has 2 heteroatoms. The number of hydrogen-bond donors (Lipinski definition) is 2. The van der Waals surface area contributed by atoms with Crippen molar-refractivity contribution in [2.75, 3.05) is 13.2 Å². The van der Waals surface area contributed by atoms with E-state index in [-0.39, 0.29) is 0 Å². The summed E-state index contributed by atoms with van der Waals surface area (Å²) >= 11 is 0. The van der Waals surface area contributed by atoms with Crippen molar-refractivity contribution in [1.29, 1.82) is 0 Å². The van der Waals surface area contributed by atoms with Crippen LogP contribution in [0.2, 0.25) is 0 Å². The number of aliphatic hydroxyl groups is 1. The van der Waals surface area contributed by atoms with Crippen molar-refractivity contribution in [3.63, 3.8) is 0 Å². The molecule has 3 rings (SSSR count). The van der Waals surface area contributed by atoms with Crippen molar-refractivity contribution in [2.45, 2.75) is 25.3 Å². The van der Waals surface area contributed by atoms with Gasteiger partial charge in [0.15, 0.2) is 0 Å². The summed E-state index contributed by atoms with van der Waals surface area (Å²) in [6.45, 7) is 1.58. The van der Waals surface area contributed by atoms with Gasteiger partial charge < -0.3 is 10.4 Å². The van der Waals surface area contributed by atoms with E-state index >= 15 is 0 Å². The number of nitrogens with one attached hydrogen (secondary N) is 1. The second-order valence-electron chi connectivity index (χ2n) is 3.64. The first-order valence-corrected chi connectivity index (χ1v) is 4.24. The van der Waals surface area contributed by atoms with E-state index in [1.807, 2.05) is 0 Å². The number of hydrogen-bond acceptors (Lipinski definition) is 2. The third-order valence-electron chi connectivity index (χ3n) is 2.99. The highest BCUT2D eigenvalue weighted by atomic mass is 16.3. The molecule has 2 N–H and O–H groups in total. The molecular formula is C8H15NO. The van der Waals surface area contributed by atoms with Crippen molar-refractivity contribution >= 4 is 0 Å². The zero-order chi connectivity index (χ0) is 6.97. The van der Waals surface area contributed by atoms with Crippen LogP contribution in [-0.2, 0) is 0 Å². The largest absolute Gasteiger partial charge is 0.396 e. The summed E-state index contributed by atoms with van der Waals surface area (Å²) in [6, 6.07) is 0.634. The molecule has 58 valence electrons. The van der Waals surface area contributed by atoms with Crippen molar-refractivity contribution in [1.82, 2.24) is 5.32 Å². The van der Waals surface area contributed by atoms with Gasteiger partial charge in [-0.2, -0.15) is 0 Å². The monoisotopic (exact) mass is 141 g/mol. The van der Waals surface area contributed by atoms with Gasteiger partial charge in [-0.05, 0) is 37.6 Å².